The molecule has 0 radical (unpaired) electrons. The fourth-order valence-corrected chi connectivity index (χ4v) is 3.38. The van der Waals surface area contributed by atoms with Crippen molar-refractivity contribution in [3.05, 3.63) is 23.8 Å². The van der Waals surface area contributed by atoms with Crippen LogP contribution in [0.3, 0.4) is 0 Å². The number of hydrogen-bond donors (Lipinski definition) is 1. The Kier molecular flexibility index (Phi) is 5.06. The van der Waals surface area contributed by atoms with Gasteiger partial charge in [-0.05, 0) is 62.5 Å². The second-order valence-corrected chi connectivity index (χ2v) is 6.66. The van der Waals surface area contributed by atoms with E-state index in [2.05, 4.69) is 24.2 Å². The van der Waals surface area contributed by atoms with Crippen molar-refractivity contribution < 1.29 is 9.53 Å². The molecule has 1 aromatic carbocycles. The Balaban J connectivity index is 1.55. The van der Waals surface area contributed by atoms with Crippen molar-refractivity contribution in [3.8, 4) is 5.75 Å². The number of anilines is 1. The molecule has 5 nitrogen and oxygen atoms in total. The van der Waals surface area contributed by atoms with Gasteiger partial charge in [-0.3, -0.25) is 0 Å². The van der Waals surface area contributed by atoms with Crippen LogP contribution in [0.25, 0.3) is 0 Å². The maximum Gasteiger partial charge on any atom is 0.321 e. The fraction of sp³-hybridized carbons (Fsp3) is 0.611. The maximum absolute atomic E-state index is 12.5. The number of carbonyl (C=O) groups excluding carboxylic acids is 1. The maximum atomic E-state index is 12.5. The van der Waals surface area contributed by atoms with Gasteiger partial charge in [-0.2, -0.15) is 0 Å². The van der Waals surface area contributed by atoms with E-state index in [0.29, 0.717) is 5.92 Å². The van der Waals surface area contributed by atoms with Crippen LogP contribution in [-0.4, -0.2) is 55.7 Å². The molecule has 0 saturated carbocycles. The van der Waals surface area contributed by atoms with E-state index in [1.807, 2.05) is 23.1 Å². The van der Waals surface area contributed by atoms with E-state index >= 15 is 0 Å². The summed E-state index contributed by atoms with van der Waals surface area (Å²) in [5.41, 5.74) is 2.06. The molecule has 1 atom stereocenters. The molecule has 0 aliphatic carbocycles. The summed E-state index contributed by atoms with van der Waals surface area (Å²) in [4.78, 5) is 16.7. The molecule has 2 heterocycles. The van der Waals surface area contributed by atoms with Gasteiger partial charge in [0.05, 0.1) is 6.61 Å². The van der Waals surface area contributed by atoms with E-state index in [4.69, 9.17) is 4.74 Å². The molecular formula is C18H27N3O2. The summed E-state index contributed by atoms with van der Waals surface area (Å²) in [6.45, 7) is 6.78. The van der Waals surface area contributed by atoms with Gasteiger partial charge in [0.2, 0.25) is 0 Å². The van der Waals surface area contributed by atoms with E-state index in [1.54, 1.807) is 0 Å². The number of fused-ring (bicyclic) bond motifs is 1. The third-order valence-electron chi connectivity index (χ3n) is 4.84. The molecule has 0 unspecified atom stereocenters. The number of urea groups is 1. The zero-order chi connectivity index (χ0) is 16.2. The highest BCUT2D eigenvalue weighted by molar-refractivity contribution is 5.89. The van der Waals surface area contributed by atoms with Gasteiger partial charge in [0.15, 0.2) is 0 Å². The first-order valence-electron chi connectivity index (χ1n) is 8.66. The van der Waals surface area contributed by atoms with Crippen LogP contribution in [0.5, 0.6) is 5.75 Å². The minimum Gasteiger partial charge on any atom is -0.493 e. The van der Waals surface area contributed by atoms with E-state index in [-0.39, 0.29) is 6.03 Å². The molecule has 0 aromatic heterocycles. The summed E-state index contributed by atoms with van der Waals surface area (Å²) < 4.78 is 5.62. The first kappa shape index (κ1) is 16.1. The Morgan fingerprint density at radius 2 is 2.35 bits per heavy atom. The summed E-state index contributed by atoms with van der Waals surface area (Å²) in [7, 11) is 2.14. The number of aryl methyl sites for hydroxylation is 1. The number of amides is 2. The molecule has 1 N–H and O–H groups in total. The van der Waals surface area contributed by atoms with Crippen molar-refractivity contribution in [3.63, 3.8) is 0 Å². The lowest BCUT2D eigenvalue weighted by molar-refractivity contribution is 0.218. The average molecular weight is 317 g/mol. The van der Waals surface area contributed by atoms with Crippen molar-refractivity contribution >= 4 is 11.7 Å². The molecule has 5 heteroatoms. The van der Waals surface area contributed by atoms with Gasteiger partial charge in [-0.1, -0.05) is 6.92 Å². The molecule has 1 saturated heterocycles. The second kappa shape index (κ2) is 7.21. The lowest BCUT2D eigenvalue weighted by Crippen LogP contribution is -2.34. The van der Waals surface area contributed by atoms with Crippen molar-refractivity contribution in [1.82, 2.24) is 9.80 Å². The van der Waals surface area contributed by atoms with Crippen LogP contribution >= 0.6 is 0 Å². The Labute approximate surface area is 138 Å². The number of nitrogens with zero attached hydrogens (tertiary/aromatic N) is 2. The number of nitrogens with one attached hydrogen (secondary N) is 1. The first-order valence-corrected chi connectivity index (χ1v) is 8.66. The first-order chi connectivity index (χ1) is 11.2. The molecular weight excluding hydrogens is 290 g/mol. The number of likely N-dealkylation sites (tertiary alicyclic amines) is 1. The largest absolute Gasteiger partial charge is 0.493 e. The average Bonchev–Trinajstić information content (AvgIpc) is 3.03. The van der Waals surface area contributed by atoms with E-state index < -0.39 is 0 Å². The van der Waals surface area contributed by atoms with E-state index in [9.17, 15) is 4.79 Å². The summed E-state index contributed by atoms with van der Waals surface area (Å²) in [5.74, 6) is 1.54. The van der Waals surface area contributed by atoms with E-state index in [1.165, 1.54) is 5.56 Å². The van der Waals surface area contributed by atoms with Gasteiger partial charge in [-0.15, -0.1) is 0 Å². The molecule has 2 aliphatic heterocycles. The van der Waals surface area contributed by atoms with Crippen molar-refractivity contribution in [2.45, 2.75) is 26.2 Å². The molecule has 1 aromatic rings. The van der Waals surface area contributed by atoms with Gasteiger partial charge >= 0.3 is 6.03 Å². The number of hydrogen-bond acceptors (Lipinski definition) is 3. The van der Waals surface area contributed by atoms with Gasteiger partial charge in [-0.25, -0.2) is 4.79 Å². The molecule has 2 aliphatic rings. The monoisotopic (exact) mass is 317 g/mol. The van der Waals surface area contributed by atoms with Gasteiger partial charge in [0, 0.05) is 25.3 Å². The summed E-state index contributed by atoms with van der Waals surface area (Å²) in [5, 5.41) is 3.04. The minimum atomic E-state index is 0.0170. The predicted molar refractivity (Wildman–Crippen MR) is 92.1 cm³/mol. The summed E-state index contributed by atoms with van der Waals surface area (Å²) in [6.07, 6.45) is 3.16. The highest BCUT2D eigenvalue weighted by Crippen LogP contribution is 2.28. The molecule has 2 amide bonds. The number of rotatable bonds is 4. The molecule has 0 spiro atoms. The topological polar surface area (TPSA) is 44.8 Å². The Morgan fingerprint density at radius 3 is 3.17 bits per heavy atom. The Hall–Kier alpha value is -1.75. The zero-order valence-corrected chi connectivity index (χ0v) is 14.2. The van der Waals surface area contributed by atoms with Crippen molar-refractivity contribution in [1.29, 1.82) is 0 Å². The summed E-state index contributed by atoms with van der Waals surface area (Å²) in [6, 6.07) is 5.96. The second-order valence-electron chi connectivity index (χ2n) is 6.66. The number of benzene rings is 1. The van der Waals surface area contributed by atoms with E-state index in [0.717, 1.165) is 63.5 Å². The number of ether oxygens (including phenoxy) is 1. The Bertz CT molecular complexity index is 561. The van der Waals surface area contributed by atoms with Crippen LogP contribution in [0.15, 0.2) is 18.2 Å². The Morgan fingerprint density at radius 1 is 1.48 bits per heavy atom. The van der Waals surface area contributed by atoms with Crippen molar-refractivity contribution in [2.24, 2.45) is 5.92 Å². The van der Waals surface area contributed by atoms with Crippen LogP contribution in [0, 0.1) is 5.92 Å². The zero-order valence-electron chi connectivity index (χ0n) is 14.2. The third kappa shape index (κ3) is 3.96. The number of carbonyl (C=O) groups is 1. The highest BCUT2D eigenvalue weighted by atomic mass is 16.5. The van der Waals surface area contributed by atoms with Crippen LogP contribution in [0.1, 0.15) is 25.3 Å². The van der Waals surface area contributed by atoms with Crippen molar-refractivity contribution in [2.75, 3.05) is 45.2 Å². The van der Waals surface area contributed by atoms with Crippen LogP contribution in [0.4, 0.5) is 10.5 Å². The predicted octanol–water partition coefficient (Wildman–Crippen LogP) is 2.82. The quantitative estimate of drug-likeness (QED) is 0.929. The van der Waals surface area contributed by atoms with Crippen LogP contribution < -0.4 is 10.1 Å². The summed E-state index contributed by atoms with van der Waals surface area (Å²) >= 11 is 0. The molecule has 23 heavy (non-hydrogen) atoms. The standard InChI is InChI=1S/C18H27N3O2/c1-3-20(2)12-14-8-9-21(13-14)18(22)19-16-6-7-17-15(11-16)5-4-10-23-17/h6-7,11,14H,3-5,8-10,12-13H2,1-2H3,(H,19,22)/t14-/m1/s1. The minimum absolute atomic E-state index is 0.0170. The van der Waals surface area contributed by atoms with Gasteiger partial charge < -0.3 is 19.9 Å². The van der Waals surface area contributed by atoms with Gasteiger partial charge in [0.25, 0.3) is 0 Å². The third-order valence-corrected chi connectivity index (χ3v) is 4.84. The lowest BCUT2D eigenvalue weighted by atomic mass is 10.1. The molecule has 3 rings (SSSR count). The van der Waals surface area contributed by atoms with Gasteiger partial charge in [0.1, 0.15) is 5.75 Å². The SMILES string of the molecule is CCN(C)C[C@H]1CCN(C(=O)Nc2ccc3c(c2)CCCO3)C1. The molecule has 1 fully saturated rings. The normalized spacial score (nSPS) is 20.3. The smallest absolute Gasteiger partial charge is 0.321 e. The van der Waals surface area contributed by atoms with Crippen LogP contribution in [0.2, 0.25) is 0 Å². The lowest BCUT2D eigenvalue weighted by Gasteiger charge is -2.21. The molecule has 126 valence electrons. The fourth-order valence-electron chi connectivity index (χ4n) is 3.38. The van der Waals surface area contributed by atoms with Crippen LogP contribution in [-0.2, 0) is 6.42 Å². The highest BCUT2D eigenvalue weighted by Gasteiger charge is 2.27. The molecule has 0 bridgehead atoms.